The highest BCUT2D eigenvalue weighted by molar-refractivity contribution is 5.92. The maximum absolute atomic E-state index is 12.6. The average Bonchev–Trinajstić information content (AvgIpc) is 3.20. The Hall–Kier alpha value is -3.48. The molecule has 0 aliphatic carbocycles. The first kappa shape index (κ1) is 25.6. The minimum atomic E-state index is -1.21. The minimum Gasteiger partial charge on any atom is -0.481 e. The number of amides is 3. The van der Waals surface area contributed by atoms with E-state index in [1.165, 1.54) is 12.5 Å². The van der Waals surface area contributed by atoms with Crippen LogP contribution in [0.2, 0.25) is 0 Å². The third-order valence-electron chi connectivity index (χ3n) is 4.29. The molecule has 0 aliphatic heterocycles. The number of aromatic nitrogens is 2. The zero-order valence-corrected chi connectivity index (χ0v) is 17.3. The largest absolute Gasteiger partial charge is 0.481 e. The highest BCUT2D eigenvalue weighted by Gasteiger charge is 2.29. The van der Waals surface area contributed by atoms with Gasteiger partial charge in [0.1, 0.15) is 12.1 Å². The first-order valence-corrected chi connectivity index (χ1v) is 9.56. The van der Waals surface area contributed by atoms with Crippen molar-refractivity contribution in [2.24, 2.45) is 11.7 Å². The summed E-state index contributed by atoms with van der Waals surface area (Å²) in [6.45, 7) is 2.76. The number of rotatable bonds is 13. The van der Waals surface area contributed by atoms with E-state index < -0.39 is 60.2 Å². The molecule has 0 radical (unpaired) electrons. The van der Waals surface area contributed by atoms with Crippen molar-refractivity contribution < 1.29 is 34.2 Å². The predicted molar refractivity (Wildman–Crippen MR) is 106 cm³/mol. The molecule has 3 amide bonds. The summed E-state index contributed by atoms with van der Waals surface area (Å²) >= 11 is 0. The van der Waals surface area contributed by atoms with Gasteiger partial charge in [-0.1, -0.05) is 13.8 Å². The van der Waals surface area contributed by atoms with Crippen LogP contribution in [0.4, 0.5) is 0 Å². The molecule has 172 valence electrons. The molecule has 13 nitrogen and oxygen atoms in total. The number of aliphatic carboxylic acids is 2. The minimum absolute atomic E-state index is 0.00802. The normalized spacial score (nSPS) is 13.7. The van der Waals surface area contributed by atoms with E-state index in [0.29, 0.717) is 5.69 Å². The quantitative estimate of drug-likeness (QED) is 0.180. The van der Waals surface area contributed by atoms with Crippen LogP contribution in [0.3, 0.4) is 0 Å². The van der Waals surface area contributed by atoms with Crippen molar-refractivity contribution in [1.82, 2.24) is 25.9 Å². The molecule has 1 heterocycles. The molecule has 3 unspecified atom stereocenters. The summed E-state index contributed by atoms with van der Waals surface area (Å²) in [7, 11) is 0. The van der Waals surface area contributed by atoms with E-state index in [4.69, 9.17) is 10.8 Å². The third-order valence-corrected chi connectivity index (χ3v) is 4.29. The predicted octanol–water partition coefficient (Wildman–Crippen LogP) is -2.03. The van der Waals surface area contributed by atoms with Crippen molar-refractivity contribution in [3.05, 3.63) is 18.2 Å². The molecular formula is C18H28N6O7. The first-order valence-electron chi connectivity index (χ1n) is 9.56. The molecule has 3 atom stereocenters. The summed E-state index contributed by atoms with van der Waals surface area (Å²) in [6, 6.07) is -3.39. The second-order valence-corrected chi connectivity index (χ2v) is 7.23. The van der Waals surface area contributed by atoms with Crippen molar-refractivity contribution in [1.29, 1.82) is 0 Å². The summed E-state index contributed by atoms with van der Waals surface area (Å²) < 4.78 is 0. The van der Waals surface area contributed by atoms with Crippen LogP contribution in [0.25, 0.3) is 0 Å². The number of carboxylic acids is 2. The topological polar surface area (TPSA) is 217 Å². The van der Waals surface area contributed by atoms with Crippen LogP contribution in [0.1, 0.15) is 32.4 Å². The maximum Gasteiger partial charge on any atom is 0.326 e. The number of hydrogen-bond acceptors (Lipinski definition) is 7. The lowest BCUT2D eigenvalue weighted by Gasteiger charge is -2.23. The summed E-state index contributed by atoms with van der Waals surface area (Å²) in [5.41, 5.74) is 6.09. The van der Waals surface area contributed by atoms with Crippen LogP contribution in [0, 0.1) is 5.92 Å². The van der Waals surface area contributed by atoms with Crippen LogP contribution in [0.15, 0.2) is 12.5 Å². The maximum atomic E-state index is 12.6. The molecule has 0 saturated carbocycles. The smallest absolute Gasteiger partial charge is 0.326 e. The molecule has 8 N–H and O–H groups in total. The van der Waals surface area contributed by atoms with E-state index in [2.05, 4.69) is 25.9 Å². The van der Waals surface area contributed by atoms with E-state index in [1.54, 1.807) is 13.8 Å². The standard InChI is InChI=1S/C18H28N6O7/c1-9(2)15(18(30)31)24-17(29)12(5-10-6-20-8-22-10)23-13(25)7-21-16(28)11(19)3-4-14(26)27/h6,8-9,11-12,15H,3-5,7,19H2,1-2H3,(H,20,22)(H,21,28)(H,23,25)(H,24,29)(H,26,27)(H,30,31). The van der Waals surface area contributed by atoms with Crippen LogP contribution in [0.5, 0.6) is 0 Å². The van der Waals surface area contributed by atoms with Gasteiger partial charge in [0.2, 0.25) is 17.7 Å². The van der Waals surface area contributed by atoms with Gasteiger partial charge in [-0.25, -0.2) is 9.78 Å². The van der Waals surface area contributed by atoms with Crippen molar-refractivity contribution >= 4 is 29.7 Å². The first-order chi connectivity index (χ1) is 14.5. The Morgan fingerprint density at radius 2 is 1.81 bits per heavy atom. The number of carbonyl (C=O) groups is 5. The number of aromatic amines is 1. The zero-order valence-electron chi connectivity index (χ0n) is 17.3. The van der Waals surface area contributed by atoms with E-state index >= 15 is 0 Å². The Labute approximate surface area is 178 Å². The van der Waals surface area contributed by atoms with Gasteiger partial charge in [0.25, 0.3) is 0 Å². The molecule has 0 fully saturated rings. The fourth-order valence-electron chi connectivity index (χ4n) is 2.55. The Bertz CT molecular complexity index is 780. The van der Waals surface area contributed by atoms with Crippen molar-refractivity contribution in [2.45, 2.75) is 51.2 Å². The van der Waals surface area contributed by atoms with Gasteiger partial charge < -0.3 is 36.9 Å². The van der Waals surface area contributed by atoms with E-state index in [9.17, 15) is 29.1 Å². The zero-order chi connectivity index (χ0) is 23.6. The second-order valence-electron chi connectivity index (χ2n) is 7.23. The molecule has 0 aliphatic rings. The van der Waals surface area contributed by atoms with E-state index in [0.717, 1.165) is 0 Å². The number of nitrogens with zero attached hydrogens (tertiary/aromatic N) is 1. The number of nitrogens with two attached hydrogens (primary N) is 1. The summed E-state index contributed by atoms with van der Waals surface area (Å²) in [5.74, 6) is -4.84. The Balaban J connectivity index is 2.73. The van der Waals surface area contributed by atoms with Crippen molar-refractivity contribution in [3.8, 4) is 0 Å². The van der Waals surface area contributed by atoms with Gasteiger partial charge >= 0.3 is 11.9 Å². The summed E-state index contributed by atoms with van der Waals surface area (Å²) in [4.78, 5) is 65.3. The summed E-state index contributed by atoms with van der Waals surface area (Å²) in [6.07, 6.45) is 2.45. The van der Waals surface area contributed by atoms with E-state index in [-0.39, 0.29) is 19.3 Å². The molecule has 0 bridgehead atoms. The monoisotopic (exact) mass is 440 g/mol. The van der Waals surface area contributed by atoms with E-state index in [1.807, 2.05) is 0 Å². The van der Waals surface area contributed by atoms with Crippen LogP contribution >= 0.6 is 0 Å². The lowest BCUT2D eigenvalue weighted by Crippen LogP contribution is -2.55. The van der Waals surface area contributed by atoms with Gasteiger partial charge in [0.15, 0.2) is 0 Å². The SMILES string of the molecule is CC(C)C(NC(=O)C(Cc1cnc[nH]1)NC(=O)CNC(=O)C(N)CCC(=O)O)C(=O)O. The number of imidazole rings is 1. The number of nitrogens with one attached hydrogen (secondary N) is 4. The molecule has 0 aromatic carbocycles. The fraction of sp³-hybridized carbons (Fsp3) is 0.556. The van der Waals surface area contributed by atoms with Gasteiger partial charge in [-0.2, -0.15) is 0 Å². The molecule has 0 spiro atoms. The molecule has 1 aromatic rings. The lowest BCUT2D eigenvalue weighted by molar-refractivity contribution is -0.143. The van der Waals surface area contributed by atoms with Crippen LogP contribution in [-0.4, -0.2) is 74.5 Å². The molecule has 1 rings (SSSR count). The Morgan fingerprint density at radius 3 is 2.32 bits per heavy atom. The summed E-state index contributed by atoms with van der Waals surface area (Å²) in [5, 5.41) is 25.0. The second kappa shape index (κ2) is 12.3. The van der Waals surface area contributed by atoms with Crippen molar-refractivity contribution in [3.63, 3.8) is 0 Å². The van der Waals surface area contributed by atoms with Gasteiger partial charge in [0.05, 0.1) is 18.9 Å². The van der Waals surface area contributed by atoms with Crippen molar-refractivity contribution in [2.75, 3.05) is 6.54 Å². The molecule has 1 aromatic heterocycles. The molecular weight excluding hydrogens is 412 g/mol. The van der Waals surface area contributed by atoms with Crippen LogP contribution in [-0.2, 0) is 30.4 Å². The number of H-pyrrole nitrogens is 1. The molecule has 31 heavy (non-hydrogen) atoms. The van der Waals surface area contributed by atoms with Gasteiger partial charge in [0, 0.05) is 24.7 Å². The third kappa shape index (κ3) is 9.25. The number of hydrogen-bond donors (Lipinski definition) is 7. The fourth-order valence-corrected chi connectivity index (χ4v) is 2.55. The number of carbonyl (C=O) groups excluding carboxylic acids is 3. The molecule has 0 saturated heterocycles. The average molecular weight is 440 g/mol. The Kier molecular flexibility index (Phi) is 10.1. The Morgan fingerprint density at radius 1 is 1.13 bits per heavy atom. The van der Waals surface area contributed by atoms with Gasteiger partial charge in [-0.15, -0.1) is 0 Å². The van der Waals surface area contributed by atoms with Gasteiger partial charge in [-0.3, -0.25) is 19.2 Å². The van der Waals surface area contributed by atoms with Crippen LogP contribution < -0.4 is 21.7 Å². The molecule has 13 heteroatoms. The lowest BCUT2D eigenvalue weighted by atomic mass is 10.0. The van der Waals surface area contributed by atoms with Gasteiger partial charge in [-0.05, 0) is 12.3 Å². The highest BCUT2D eigenvalue weighted by Crippen LogP contribution is 2.05. The highest BCUT2D eigenvalue weighted by atomic mass is 16.4. The number of carboxylic acid groups (broad SMARTS) is 2.